The molecule has 0 bridgehead atoms. The number of carboxylic acid groups (broad SMARTS) is 1. The third-order valence-corrected chi connectivity index (χ3v) is 5.86. The van der Waals surface area contributed by atoms with Crippen molar-refractivity contribution >= 4 is 22.7 Å². The van der Waals surface area contributed by atoms with Crippen LogP contribution in [-0.2, 0) is 20.4 Å². The Morgan fingerprint density at radius 3 is 2.26 bits per heavy atom. The molecule has 23 heavy (non-hydrogen) atoms. The molecule has 1 N–H and O–H groups in total. The molecule has 0 spiro atoms. The van der Waals surface area contributed by atoms with E-state index in [1.807, 2.05) is 19.1 Å². The first-order valence-electron chi connectivity index (χ1n) is 7.69. The molecule has 0 saturated heterocycles. The lowest BCUT2D eigenvalue weighted by atomic mass is 9.66. The monoisotopic (exact) mass is 337 g/mol. The Labute approximate surface area is 139 Å². The van der Waals surface area contributed by atoms with Crippen LogP contribution in [0.15, 0.2) is 29.2 Å². The molecule has 0 heterocycles. The number of carbonyl (C=O) groups excluding carboxylic acids is 1. The number of aliphatic carboxylic acids is 1. The summed E-state index contributed by atoms with van der Waals surface area (Å²) in [6.07, 6.45) is 3.70. The molecule has 1 aromatic rings. The quantitative estimate of drug-likeness (QED) is 0.866. The van der Waals surface area contributed by atoms with Gasteiger partial charge in [-0.3, -0.25) is 13.8 Å². The zero-order valence-corrected chi connectivity index (χ0v) is 14.6. The minimum atomic E-state index is -1.03. The Kier molecular flexibility index (Phi) is 5.24. The van der Waals surface area contributed by atoms with Crippen LogP contribution in [0.3, 0.4) is 0 Å². The van der Waals surface area contributed by atoms with Crippen molar-refractivity contribution in [2.45, 2.75) is 43.5 Å². The molecule has 1 amide bonds. The molecule has 0 aliphatic heterocycles. The first-order valence-corrected chi connectivity index (χ1v) is 9.25. The second-order valence-corrected chi connectivity index (χ2v) is 7.70. The first kappa shape index (κ1) is 17.7. The summed E-state index contributed by atoms with van der Waals surface area (Å²) in [5.74, 6) is -1.02. The summed E-state index contributed by atoms with van der Waals surface area (Å²) in [6.45, 7) is 1.91. The highest BCUT2D eigenvalue weighted by atomic mass is 32.2. The third kappa shape index (κ3) is 3.63. The van der Waals surface area contributed by atoms with Crippen LogP contribution in [0.1, 0.15) is 44.2 Å². The average molecular weight is 337 g/mol. The maximum Gasteiger partial charge on any atom is 0.310 e. The predicted octanol–water partition coefficient (Wildman–Crippen LogP) is 2.59. The number of carbonyl (C=O) groups is 2. The molecule has 1 aliphatic carbocycles. The number of amides is 1. The Bertz CT molecular complexity index is 622. The van der Waals surface area contributed by atoms with Crippen LogP contribution in [0.4, 0.5) is 0 Å². The fourth-order valence-electron chi connectivity index (χ4n) is 2.86. The van der Waals surface area contributed by atoms with Gasteiger partial charge in [-0.2, -0.15) is 0 Å². The largest absolute Gasteiger partial charge is 0.481 e. The van der Waals surface area contributed by atoms with Gasteiger partial charge in [-0.15, -0.1) is 0 Å². The van der Waals surface area contributed by atoms with Gasteiger partial charge in [-0.25, -0.2) is 0 Å². The van der Waals surface area contributed by atoms with Gasteiger partial charge in [0.25, 0.3) is 0 Å². The van der Waals surface area contributed by atoms with Crippen LogP contribution in [0.5, 0.6) is 0 Å². The molecule has 1 fully saturated rings. The van der Waals surface area contributed by atoms with Crippen molar-refractivity contribution in [3.8, 4) is 0 Å². The Hall–Kier alpha value is -1.69. The Morgan fingerprint density at radius 1 is 1.30 bits per heavy atom. The van der Waals surface area contributed by atoms with Crippen LogP contribution in [0.25, 0.3) is 0 Å². The molecule has 1 saturated carbocycles. The van der Waals surface area contributed by atoms with E-state index in [9.17, 15) is 18.9 Å². The van der Waals surface area contributed by atoms with Gasteiger partial charge in [0.05, 0.1) is 11.5 Å². The predicted molar refractivity (Wildman–Crippen MR) is 88.5 cm³/mol. The van der Waals surface area contributed by atoms with E-state index >= 15 is 0 Å². The minimum absolute atomic E-state index is 0.0558. The van der Waals surface area contributed by atoms with Gasteiger partial charge in [0.1, 0.15) is 0 Å². The fraction of sp³-hybridized carbons (Fsp3) is 0.529. The van der Waals surface area contributed by atoms with E-state index in [4.69, 9.17) is 0 Å². The molecular formula is C17H23NO4S. The summed E-state index contributed by atoms with van der Waals surface area (Å²) >= 11 is 0. The van der Waals surface area contributed by atoms with Crippen LogP contribution in [0, 0.1) is 5.41 Å². The Balaban J connectivity index is 2.06. The molecule has 2 atom stereocenters. The molecule has 5 nitrogen and oxygen atoms in total. The maximum atomic E-state index is 12.5. The van der Waals surface area contributed by atoms with Crippen LogP contribution < -0.4 is 0 Å². The smallest absolute Gasteiger partial charge is 0.310 e. The van der Waals surface area contributed by atoms with Crippen molar-refractivity contribution in [3.63, 3.8) is 0 Å². The van der Waals surface area contributed by atoms with Gasteiger partial charge in [0, 0.05) is 35.4 Å². The number of benzene rings is 1. The highest BCUT2D eigenvalue weighted by molar-refractivity contribution is 7.84. The van der Waals surface area contributed by atoms with E-state index in [-0.39, 0.29) is 18.4 Å². The summed E-state index contributed by atoms with van der Waals surface area (Å²) in [7, 11) is 0.673. The number of hydrogen-bond donors (Lipinski definition) is 1. The number of carboxylic acids is 1. The van der Waals surface area contributed by atoms with Crippen molar-refractivity contribution in [1.82, 2.24) is 4.90 Å². The summed E-state index contributed by atoms with van der Waals surface area (Å²) in [4.78, 5) is 26.2. The minimum Gasteiger partial charge on any atom is -0.481 e. The van der Waals surface area contributed by atoms with Gasteiger partial charge in [0.2, 0.25) is 5.91 Å². The van der Waals surface area contributed by atoms with E-state index < -0.39 is 22.2 Å². The van der Waals surface area contributed by atoms with E-state index in [1.54, 1.807) is 30.3 Å². The topological polar surface area (TPSA) is 74.7 Å². The van der Waals surface area contributed by atoms with E-state index in [1.165, 1.54) is 0 Å². The summed E-state index contributed by atoms with van der Waals surface area (Å²) in [5.41, 5.74) is 0.0710. The van der Waals surface area contributed by atoms with Crippen molar-refractivity contribution in [3.05, 3.63) is 29.8 Å². The molecule has 6 heteroatoms. The normalized spacial score (nSPS) is 18.6. The van der Waals surface area contributed by atoms with Gasteiger partial charge in [0.15, 0.2) is 0 Å². The highest BCUT2D eigenvalue weighted by Gasteiger charge is 2.46. The molecule has 2 unspecified atom stereocenters. The molecule has 1 aromatic carbocycles. The number of hydrogen-bond acceptors (Lipinski definition) is 3. The summed E-state index contributed by atoms with van der Waals surface area (Å²) in [6, 6.07) is 7.16. The molecule has 0 aromatic heterocycles. The molecular weight excluding hydrogens is 314 g/mol. The second kappa shape index (κ2) is 6.83. The van der Waals surface area contributed by atoms with Gasteiger partial charge in [-0.1, -0.05) is 18.6 Å². The Morgan fingerprint density at radius 2 is 1.87 bits per heavy atom. The van der Waals surface area contributed by atoms with Crippen molar-refractivity contribution in [2.75, 3.05) is 13.3 Å². The van der Waals surface area contributed by atoms with E-state index in [0.29, 0.717) is 12.8 Å². The fourth-order valence-corrected chi connectivity index (χ4v) is 3.38. The number of nitrogens with zero attached hydrogens (tertiary/aromatic N) is 1. The van der Waals surface area contributed by atoms with Crippen LogP contribution in [0.2, 0.25) is 0 Å². The van der Waals surface area contributed by atoms with Crippen molar-refractivity contribution in [2.24, 2.45) is 5.41 Å². The van der Waals surface area contributed by atoms with E-state index in [2.05, 4.69) is 0 Å². The molecule has 1 aliphatic rings. The molecule has 2 rings (SSSR count). The van der Waals surface area contributed by atoms with Crippen LogP contribution in [-0.4, -0.2) is 39.4 Å². The lowest BCUT2D eigenvalue weighted by Gasteiger charge is -2.38. The zero-order valence-electron chi connectivity index (χ0n) is 13.7. The van der Waals surface area contributed by atoms with Gasteiger partial charge in [-0.05, 0) is 37.5 Å². The van der Waals surface area contributed by atoms with E-state index in [0.717, 1.165) is 16.9 Å². The molecule has 126 valence electrons. The number of rotatable bonds is 6. The zero-order chi connectivity index (χ0) is 17.2. The van der Waals surface area contributed by atoms with Crippen molar-refractivity contribution < 1.29 is 18.9 Å². The van der Waals surface area contributed by atoms with Gasteiger partial charge >= 0.3 is 5.97 Å². The molecule has 0 radical (unpaired) electrons. The van der Waals surface area contributed by atoms with Gasteiger partial charge < -0.3 is 10.0 Å². The SMILES string of the molecule is CC(c1ccc(S(C)=O)cc1)N(C)C(=O)CC1(C(=O)O)CCC1. The van der Waals surface area contributed by atoms with Crippen LogP contribution >= 0.6 is 0 Å². The maximum absolute atomic E-state index is 12.5. The lowest BCUT2D eigenvalue weighted by Crippen LogP contribution is -2.43. The summed E-state index contributed by atoms with van der Waals surface area (Å²) < 4.78 is 11.4. The average Bonchev–Trinajstić information content (AvgIpc) is 2.48. The van der Waals surface area contributed by atoms with Crippen molar-refractivity contribution in [1.29, 1.82) is 0 Å². The summed E-state index contributed by atoms with van der Waals surface area (Å²) in [5, 5.41) is 9.35. The second-order valence-electron chi connectivity index (χ2n) is 6.32. The standard InChI is InChI=1S/C17H23NO4S/c1-12(13-5-7-14(8-6-13)23(3)22)18(2)15(19)11-17(16(20)21)9-4-10-17/h5-8,12H,4,9-11H2,1-3H3,(H,20,21). The first-order chi connectivity index (χ1) is 10.8. The lowest BCUT2D eigenvalue weighted by molar-refractivity contribution is -0.159. The third-order valence-electron chi connectivity index (χ3n) is 4.92. The highest BCUT2D eigenvalue weighted by Crippen LogP contribution is 2.44.